The van der Waals surface area contributed by atoms with Gasteiger partial charge in [0.15, 0.2) is 0 Å². The third-order valence-electron chi connectivity index (χ3n) is 3.40. The number of likely N-dealkylation sites (tertiary alicyclic amines) is 1. The number of hydrogen-bond donors (Lipinski definition) is 0. The molecule has 0 spiro atoms. The Morgan fingerprint density at radius 1 is 1.59 bits per heavy atom. The van der Waals surface area contributed by atoms with Crippen LogP contribution in [0.4, 0.5) is 0 Å². The maximum atomic E-state index is 12.0. The molecule has 0 radical (unpaired) electrons. The van der Waals surface area contributed by atoms with Gasteiger partial charge in [-0.05, 0) is 30.7 Å². The maximum Gasteiger partial charge on any atom is 0.222 e. The normalized spacial score (nSPS) is 20.6. The summed E-state index contributed by atoms with van der Waals surface area (Å²) in [5.74, 6) is 0.950. The van der Waals surface area contributed by atoms with Crippen LogP contribution in [0.1, 0.15) is 31.7 Å². The molecular weight excluding hydrogens is 214 g/mol. The first kappa shape index (κ1) is 12.1. The van der Waals surface area contributed by atoms with Crippen LogP contribution in [0.15, 0.2) is 12.4 Å². The zero-order valence-electron chi connectivity index (χ0n) is 10.7. The Labute approximate surface area is 103 Å². The van der Waals surface area contributed by atoms with Crippen molar-refractivity contribution in [2.45, 2.75) is 32.6 Å². The minimum absolute atomic E-state index is 0.292. The summed E-state index contributed by atoms with van der Waals surface area (Å²) in [4.78, 5) is 14.0. The number of carbonyl (C=O) groups is 1. The van der Waals surface area contributed by atoms with Crippen LogP contribution in [0.25, 0.3) is 0 Å². The summed E-state index contributed by atoms with van der Waals surface area (Å²) >= 11 is 0. The van der Waals surface area contributed by atoms with Crippen LogP contribution >= 0.6 is 0 Å². The summed E-state index contributed by atoms with van der Waals surface area (Å²) in [6.45, 7) is 4.10. The number of piperidine rings is 1. The fraction of sp³-hybridized carbons (Fsp3) is 0.692. The maximum absolute atomic E-state index is 12.0. The van der Waals surface area contributed by atoms with Crippen LogP contribution in [0, 0.1) is 5.92 Å². The van der Waals surface area contributed by atoms with E-state index in [1.54, 1.807) is 4.68 Å². The van der Waals surface area contributed by atoms with Gasteiger partial charge in [-0.25, -0.2) is 0 Å². The molecule has 1 aliphatic heterocycles. The van der Waals surface area contributed by atoms with Crippen LogP contribution in [0.3, 0.4) is 0 Å². The lowest BCUT2D eigenvalue weighted by atomic mass is 10.00. The second kappa shape index (κ2) is 5.34. The number of carbonyl (C=O) groups excluding carboxylic acids is 1. The molecule has 2 rings (SSSR count). The summed E-state index contributed by atoms with van der Waals surface area (Å²) in [6, 6.07) is 0. The molecule has 17 heavy (non-hydrogen) atoms. The Kier molecular flexibility index (Phi) is 3.82. The topological polar surface area (TPSA) is 38.1 Å². The fourth-order valence-electron chi connectivity index (χ4n) is 2.43. The minimum Gasteiger partial charge on any atom is -0.342 e. The van der Waals surface area contributed by atoms with Crippen molar-refractivity contribution in [1.82, 2.24) is 14.7 Å². The molecule has 1 fully saturated rings. The molecule has 1 aromatic heterocycles. The Bertz CT molecular complexity index is 386. The van der Waals surface area contributed by atoms with Gasteiger partial charge in [0, 0.05) is 32.8 Å². The van der Waals surface area contributed by atoms with Crippen LogP contribution in [-0.4, -0.2) is 33.7 Å². The first-order valence-electron chi connectivity index (χ1n) is 6.40. The predicted octanol–water partition coefficient (Wildman–Crippen LogP) is 1.61. The van der Waals surface area contributed by atoms with Gasteiger partial charge in [-0.3, -0.25) is 9.48 Å². The predicted molar refractivity (Wildman–Crippen MR) is 66.5 cm³/mol. The van der Waals surface area contributed by atoms with E-state index in [0.717, 1.165) is 31.5 Å². The molecule has 0 aromatic carbocycles. The second-order valence-corrected chi connectivity index (χ2v) is 5.11. The van der Waals surface area contributed by atoms with Crippen molar-refractivity contribution in [3.05, 3.63) is 18.0 Å². The van der Waals surface area contributed by atoms with E-state index in [2.05, 4.69) is 12.0 Å². The van der Waals surface area contributed by atoms with Crippen molar-refractivity contribution in [3.8, 4) is 0 Å². The molecule has 2 heterocycles. The van der Waals surface area contributed by atoms with Gasteiger partial charge >= 0.3 is 0 Å². The van der Waals surface area contributed by atoms with E-state index in [1.165, 1.54) is 6.42 Å². The molecule has 1 aromatic rings. The van der Waals surface area contributed by atoms with Crippen molar-refractivity contribution < 1.29 is 4.79 Å². The van der Waals surface area contributed by atoms with Crippen molar-refractivity contribution in [2.24, 2.45) is 13.0 Å². The summed E-state index contributed by atoms with van der Waals surface area (Å²) in [6.07, 6.45) is 7.64. The van der Waals surface area contributed by atoms with E-state index in [0.29, 0.717) is 18.2 Å². The first-order chi connectivity index (χ1) is 8.15. The van der Waals surface area contributed by atoms with Gasteiger partial charge in [-0.2, -0.15) is 5.10 Å². The first-order valence-corrected chi connectivity index (χ1v) is 6.40. The van der Waals surface area contributed by atoms with E-state index < -0.39 is 0 Å². The molecule has 1 aliphatic rings. The monoisotopic (exact) mass is 235 g/mol. The van der Waals surface area contributed by atoms with E-state index in [1.807, 2.05) is 24.3 Å². The Balaban J connectivity index is 1.80. The van der Waals surface area contributed by atoms with E-state index in [9.17, 15) is 4.79 Å². The van der Waals surface area contributed by atoms with Gasteiger partial charge in [-0.1, -0.05) is 6.92 Å². The molecule has 1 unspecified atom stereocenters. The molecule has 1 saturated heterocycles. The second-order valence-electron chi connectivity index (χ2n) is 5.11. The highest BCUT2D eigenvalue weighted by Crippen LogP contribution is 2.16. The zero-order chi connectivity index (χ0) is 12.3. The molecule has 0 bridgehead atoms. The number of aryl methyl sites for hydroxylation is 2. The number of hydrogen-bond acceptors (Lipinski definition) is 2. The standard InChI is InChI=1S/C13H21N3O/c1-11-4-3-7-16(9-11)13(17)6-5-12-8-14-15(2)10-12/h8,10-11H,3-7,9H2,1-2H3. The van der Waals surface area contributed by atoms with E-state index >= 15 is 0 Å². The van der Waals surface area contributed by atoms with Gasteiger partial charge < -0.3 is 4.90 Å². The van der Waals surface area contributed by atoms with Crippen LogP contribution in [0.5, 0.6) is 0 Å². The average molecular weight is 235 g/mol. The van der Waals surface area contributed by atoms with Gasteiger partial charge in [0.1, 0.15) is 0 Å². The highest BCUT2D eigenvalue weighted by atomic mass is 16.2. The molecule has 0 N–H and O–H groups in total. The lowest BCUT2D eigenvalue weighted by molar-refractivity contribution is -0.132. The Morgan fingerprint density at radius 2 is 2.41 bits per heavy atom. The minimum atomic E-state index is 0.292. The summed E-state index contributed by atoms with van der Waals surface area (Å²) in [5.41, 5.74) is 1.14. The Morgan fingerprint density at radius 3 is 3.06 bits per heavy atom. The molecule has 4 heteroatoms. The highest BCUT2D eigenvalue weighted by Gasteiger charge is 2.20. The largest absolute Gasteiger partial charge is 0.342 e. The smallest absolute Gasteiger partial charge is 0.222 e. The number of aromatic nitrogens is 2. The molecule has 0 saturated carbocycles. The molecular formula is C13H21N3O. The molecule has 0 aliphatic carbocycles. The van der Waals surface area contributed by atoms with Crippen molar-refractivity contribution >= 4 is 5.91 Å². The van der Waals surface area contributed by atoms with Gasteiger partial charge in [0.2, 0.25) is 5.91 Å². The molecule has 1 amide bonds. The van der Waals surface area contributed by atoms with Crippen molar-refractivity contribution in [2.75, 3.05) is 13.1 Å². The van der Waals surface area contributed by atoms with Crippen LogP contribution in [0.2, 0.25) is 0 Å². The highest BCUT2D eigenvalue weighted by molar-refractivity contribution is 5.76. The number of amides is 1. The SMILES string of the molecule is CC1CCCN(C(=O)CCc2cnn(C)c2)C1. The lowest BCUT2D eigenvalue weighted by Crippen LogP contribution is -2.39. The summed E-state index contributed by atoms with van der Waals surface area (Å²) < 4.78 is 1.78. The molecule has 1 atom stereocenters. The zero-order valence-corrected chi connectivity index (χ0v) is 10.7. The number of rotatable bonds is 3. The van der Waals surface area contributed by atoms with Gasteiger partial charge in [0.25, 0.3) is 0 Å². The summed E-state index contributed by atoms with van der Waals surface area (Å²) in [5, 5.41) is 4.11. The lowest BCUT2D eigenvalue weighted by Gasteiger charge is -2.31. The van der Waals surface area contributed by atoms with Crippen LogP contribution < -0.4 is 0 Å². The third kappa shape index (κ3) is 3.32. The van der Waals surface area contributed by atoms with Gasteiger partial charge in [0.05, 0.1) is 6.20 Å². The molecule has 4 nitrogen and oxygen atoms in total. The number of nitrogens with zero attached hydrogens (tertiary/aromatic N) is 3. The summed E-state index contributed by atoms with van der Waals surface area (Å²) in [7, 11) is 1.90. The van der Waals surface area contributed by atoms with Gasteiger partial charge in [-0.15, -0.1) is 0 Å². The van der Waals surface area contributed by atoms with E-state index in [-0.39, 0.29) is 0 Å². The van der Waals surface area contributed by atoms with E-state index in [4.69, 9.17) is 0 Å². The quantitative estimate of drug-likeness (QED) is 0.798. The average Bonchev–Trinajstić information content (AvgIpc) is 2.72. The van der Waals surface area contributed by atoms with Crippen molar-refractivity contribution in [1.29, 1.82) is 0 Å². The van der Waals surface area contributed by atoms with Crippen LogP contribution in [-0.2, 0) is 18.3 Å². The fourth-order valence-corrected chi connectivity index (χ4v) is 2.43. The van der Waals surface area contributed by atoms with Crippen molar-refractivity contribution in [3.63, 3.8) is 0 Å². The molecule has 94 valence electrons. The third-order valence-corrected chi connectivity index (χ3v) is 3.40. The Hall–Kier alpha value is -1.32.